The lowest BCUT2D eigenvalue weighted by molar-refractivity contribution is 0.305. The van der Waals surface area contributed by atoms with Crippen LogP contribution < -0.4 is 0 Å². The molecule has 0 saturated carbocycles. The van der Waals surface area contributed by atoms with Gasteiger partial charge in [0.15, 0.2) is 0 Å². The van der Waals surface area contributed by atoms with Gasteiger partial charge in [-0.1, -0.05) is 60.7 Å². The van der Waals surface area contributed by atoms with Gasteiger partial charge in [0, 0.05) is 24.8 Å². The van der Waals surface area contributed by atoms with Crippen molar-refractivity contribution in [3.05, 3.63) is 78.6 Å². The van der Waals surface area contributed by atoms with Gasteiger partial charge in [0.05, 0.1) is 12.7 Å². The molecule has 0 radical (unpaired) electrons. The molecular weight excluding hydrogens is 270 g/mol. The van der Waals surface area contributed by atoms with E-state index in [0.717, 1.165) is 19.6 Å². The monoisotopic (exact) mass is 291 g/mol. The number of rotatable bonds is 6. The third-order valence-corrected chi connectivity index (χ3v) is 3.75. The average molecular weight is 291 g/mol. The standard InChI is InChI=1S/C19H21N3/c1-21(15-17-8-4-2-5-9-17)12-13-22-16-19(14-20-22)18-10-6-3-7-11-18/h2-11,14,16H,12-13,15H2,1H3. The Hall–Kier alpha value is -2.39. The maximum atomic E-state index is 4.46. The van der Waals surface area contributed by atoms with Crippen LogP contribution in [0, 0.1) is 0 Å². The lowest BCUT2D eigenvalue weighted by Gasteiger charge is -2.16. The van der Waals surface area contributed by atoms with Crippen LogP contribution in [-0.2, 0) is 13.1 Å². The molecule has 0 spiro atoms. The van der Waals surface area contributed by atoms with Gasteiger partial charge >= 0.3 is 0 Å². The van der Waals surface area contributed by atoms with Gasteiger partial charge in [0.2, 0.25) is 0 Å². The van der Waals surface area contributed by atoms with Gasteiger partial charge in [-0.3, -0.25) is 4.68 Å². The molecule has 3 heteroatoms. The Morgan fingerprint density at radius 3 is 2.32 bits per heavy atom. The first kappa shape index (κ1) is 14.5. The molecule has 0 aliphatic carbocycles. The lowest BCUT2D eigenvalue weighted by atomic mass is 10.1. The molecule has 0 atom stereocenters. The van der Waals surface area contributed by atoms with Gasteiger partial charge in [0.1, 0.15) is 0 Å². The zero-order valence-corrected chi connectivity index (χ0v) is 12.9. The van der Waals surface area contributed by atoms with Crippen molar-refractivity contribution in [1.82, 2.24) is 14.7 Å². The van der Waals surface area contributed by atoms with Crippen LogP contribution >= 0.6 is 0 Å². The van der Waals surface area contributed by atoms with Gasteiger partial charge in [0.25, 0.3) is 0 Å². The maximum absolute atomic E-state index is 4.46. The van der Waals surface area contributed by atoms with Crippen molar-refractivity contribution in [3.63, 3.8) is 0 Å². The average Bonchev–Trinajstić information content (AvgIpc) is 3.04. The summed E-state index contributed by atoms with van der Waals surface area (Å²) in [6.07, 6.45) is 4.05. The zero-order chi connectivity index (χ0) is 15.2. The van der Waals surface area contributed by atoms with E-state index in [2.05, 4.69) is 77.8 Å². The summed E-state index contributed by atoms with van der Waals surface area (Å²) < 4.78 is 2.02. The fourth-order valence-electron chi connectivity index (χ4n) is 2.51. The molecule has 0 aliphatic rings. The number of nitrogens with zero attached hydrogens (tertiary/aromatic N) is 3. The van der Waals surface area contributed by atoms with E-state index >= 15 is 0 Å². The minimum atomic E-state index is 0.899. The highest BCUT2D eigenvalue weighted by Crippen LogP contribution is 2.17. The Balaban J connectivity index is 1.55. The van der Waals surface area contributed by atoms with Crippen LogP contribution in [0.25, 0.3) is 11.1 Å². The van der Waals surface area contributed by atoms with E-state index in [1.54, 1.807) is 0 Å². The molecule has 0 saturated heterocycles. The first-order valence-corrected chi connectivity index (χ1v) is 7.61. The quantitative estimate of drug-likeness (QED) is 0.691. The fourth-order valence-corrected chi connectivity index (χ4v) is 2.51. The molecule has 3 rings (SSSR count). The summed E-state index contributed by atoms with van der Waals surface area (Å²) in [5.74, 6) is 0. The second-order valence-corrected chi connectivity index (χ2v) is 5.58. The number of aromatic nitrogens is 2. The van der Waals surface area contributed by atoms with Crippen LogP contribution in [0.2, 0.25) is 0 Å². The molecule has 0 N–H and O–H groups in total. The molecule has 0 unspecified atom stereocenters. The molecule has 0 aliphatic heterocycles. The third kappa shape index (κ3) is 3.83. The first-order valence-electron chi connectivity index (χ1n) is 7.61. The highest BCUT2D eigenvalue weighted by Gasteiger charge is 2.03. The van der Waals surface area contributed by atoms with E-state index in [1.165, 1.54) is 16.7 Å². The molecule has 1 aromatic heterocycles. The Morgan fingerprint density at radius 2 is 1.59 bits per heavy atom. The fraction of sp³-hybridized carbons (Fsp3) is 0.211. The van der Waals surface area contributed by atoms with E-state index < -0.39 is 0 Å². The second kappa shape index (κ2) is 7.05. The van der Waals surface area contributed by atoms with Crippen LogP contribution in [0.5, 0.6) is 0 Å². The maximum Gasteiger partial charge on any atom is 0.0568 e. The molecule has 3 nitrogen and oxygen atoms in total. The van der Waals surface area contributed by atoms with E-state index in [0.29, 0.717) is 0 Å². The SMILES string of the molecule is CN(CCn1cc(-c2ccccc2)cn1)Cc1ccccc1. The molecule has 3 aromatic rings. The van der Waals surface area contributed by atoms with Crippen molar-refractivity contribution in [3.8, 4) is 11.1 Å². The first-order chi connectivity index (χ1) is 10.8. The Kier molecular flexibility index (Phi) is 4.66. The van der Waals surface area contributed by atoms with Gasteiger partial charge in [-0.15, -0.1) is 0 Å². The van der Waals surface area contributed by atoms with Gasteiger partial charge in [-0.2, -0.15) is 5.10 Å². The summed E-state index contributed by atoms with van der Waals surface area (Å²) in [6, 6.07) is 20.9. The largest absolute Gasteiger partial charge is 0.300 e. The summed E-state index contributed by atoms with van der Waals surface area (Å²) in [7, 11) is 2.15. The predicted octanol–water partition coefficient (Wildman–Crippen LogP) is 3.68. The van der Waals surface area contributed by atoms with Crippen molar-refractivity contribution in [2.24, 2.45) is 0 Å². The highest BCUT2D eigenvalue weighted by atomic mass is 15.3. The third-order valence-electron chi connectivity index (χ3n) is 3.75. The normalized spacial score (nSPS) is 11.0. The van der Waals surface area contributed by atoms with Crippen molar-refractivity contribution in [2.45, 2.75) is 13.1 Å². The van der Waals surface area contributed by atoms with Crippen molar-refractivity contribution >= 4 is 0 Å². The topological polar surface area (TPSA) is 21.1 Å². The molecule has 0 amide bonds. The van der Waals surface area contributed by atoms with Gasteiger partial charge < -0.3 is 4.90 Å². The summed E-state index contributed by atoms with van der Waals surface area (Å²) in [6.45, 7) is 2.84. The summed E-state index contributed by atoms with van der Waals surface area (Å²) in [5.41, 5.74) is 3.73. The Labute approximate surface area is 131 Å². The van der Waals surface area contributed by atoms with Crippen molar-refractivity contribution < 1.29 is 0 Å². The molecule has 1 heterocycles. The second-order valence-electron chi connectivity index (χ2n) is 5.58. The van der Waals surface area contributed by atoms with E-state index in [-0.39, 0.29) is 0 Å². The van der Waals surface area contributed by atoms with E-state index in [1.807, 2.05) is 16.9 Å². The van der Waals surface area contributed by atoms with E-state index in [9.17, 15) is 0 Å². The van der Waals surface area contributed by atoms with Gasteiger partial charge in [-0.25, -0.2) is 0 Å². The van der Waals surface area contributed by atoms with Gasteiger partial charge in [-0.05, 0) is 18.2 Å². The minimum absolute atomic E-state index is 0.899. The van der Waals surface area contributed by atoms with Crippen LogP contribution in [0.1, 0.15) is 5.56 Å². The molecule has 112 valence electrons. The minimum Gasteiger partial charge on any atom is -0.300 e. The smallest absolute Gasteiger partial charge is 0.0568 e. The predicted molar refractivity (Wildman–Crippen MR) is 90.4 cm³/mol. The summed E-state index contributed by atoms with van der Waals surface area (Å²) >= 11 is 0. The van der Waals surface area contributed by atoms with Crippen LogP contribution in [0.4, 0.5) is 0 Å². The van der Waals surface area contributed by atoms with Crippen molar-refractivity contribution in [2.75, 3.05) is 13.6 Å². The lowest BCUT2D eigenvalue weighted by Crippen LogP contribution is -2.23. The zero-order valence-electron chi connectivity index (χ0n) is 12.9. The molecule has 2 aromatic carbocycles. The molecule has 0 bridgehead atoms. The summed E-state index contributed by atoms with van der Waals surface area (Å²) in [4.78, 5) is 2.32. The van der Waals surface area contributed by atoms with Crippen LogP contribution in [0.15, 0.2) is 73.1 Å². The number of likely N-dealkylation sites (N-methyl/N-ethyl adjacent to an activating group) is 1. The molecule has 0 fully saturated rings. The Bertz CT molecular complexity index is 689. The number of benzene rings is 2. The highest BCUT2D eigenvalue weighted by molar-refractivity contribution is 5.61. The Morgan fingerprint density at radius 1 is 0.909 bits per heavy atom. The van der Waals surface area contributed by atoms with Crippen molar-refractivity contribution in [1.29, 1.82) is 0 Å². The number of hydrogen-bond acceptors (Lipinski definition) is 2. The molecular formula is C19H21N3. The van der Waals surface area contributed by atoms with E-state index in [4.69, 9.17) is 0 Å². The van der Waals surface area contributed by atoms with Crippen LogP contribution in [-0.4, -0.2) is 28.3 Å². The van der Waals surface area contributed by atoms with Crippen LogP contribution in [0.3, 0.4) is 0 Å². The summed E-state index contributed by atoms with van der Waals surface area (Å²) in [5, 5.41) is 4.46. The molecule has 22 heavy (non-hydrogen) atoms. The number of hydrogen-bond donors (Lipinski definition) is 0.